The maximum absolute atomic E-state index is 16.0. The number of hydrogen-bond donors (Lipinski definition) is 1. The molecule has 5 rings (SSSR count). The summed E-state index contributed by atoms with van der Waals surface area (Å²) in [5.41, 5.74) is 4.28. The van der Waals surface area contributed by atoms with Crippen molar-refractivity contribution in [3.63, 3.8) is 0 Å². The second-order valence-corrected chi connectivity index (χ2v) is 11.8. The SMILES string of the molecule is COc1cc(-c2ccc(OS(C)(=O)=O)cc2)c(OC)c(O)c1-c1ccc(N(Cc2ccccc2)Cc2ccccc2)c(F)c1. The Labute approximate surface area is 256 Å². The molecular formula is C35H32FNO6S. The molecule has 0 bridgehead atoms. The van der Waals surface area contributed by atoms with E-state index in [1.54, 1.807) is 30.3 Å². The maximum atomic E-state index is 16.0. The normalized spacial score (nSPS) is 11.2. The van der Waals surface area contributed by atoms with Gasteiger partial charge in [-0.1, -0.05) is 78.9 Å². The third-order valence-electron chi connectivity index (χ3n) is 7.06. The molecule has 0 fully saturated rings. The summed E-state index contributed by atoms with van der Waals surface area (Å²) in [6, 6.07) is 32.5. The number of methoxy groups -OCH3 is 2. The average molecular weight is 614 g/mol. The van der Waals surface area contributed by atoms with Crippen LogP contribution < -0.4 is 18.6 Å². The standard InChI is InChI=1S/C35H32FNO6S/c1-41-32-21-29(26-14-17-28(18-15-26)43-44(3,39)40)35(42-2)34(38)33(32)27-16-19-31(30(36)20-27)37(22-24-10-6-4-7-11-24)23-25-12-8-5-9-13-25/h4-21,38H,22-23H2,1-3H3. The molecule has 0 aliphatic heterocycles. The lowest BCUT2D eigenvalue weighted by molar-refractivity contribution is 0.369. The van der Waals surface area contributed by atoms with Crippen LogP contribution in [0.15, 0.2) is 109 Å². The van der Waals surface area contributed by atoms with E-state index in [9.17, 15) is 13.5 Å². The zero-order valence-corrected chi connectivity index (χ0v) is 25.3. The van der Waals surface area contributed by atoms with Crippen molar-refractivity contribution in [1.82, 2.24) is 0 Å². The van der Waals surface area contributed by atoms with E-state index in [2.05, 4.69) is 0 Å². The molecule has 0 atom stereocenters. The topological polar surface area (TPSA) is 85.3 Å². The number of benzene rings is 5. The Morgan fingerprint density at radius 3 is 1.82 bits per heavy atom. The van der Waals surface area contributed by atoms with Gasteiger partial charge in [0.05, 0.1) is 31.7 Å². The predicted octanol–water partition coefficient (Wildman–Crippen LogP) is 7.43. The Balaban J connectivity index is 1.53. The van der Waals surface area contributed by atoms with Gasteiger partial charge in [-0.2, -0.15) is 8.42 Å². The van der Waals surface area contributed by atoms with E-state index in [1.165, 1.54) is 32.4 Å². The van der Waals surface area contributed by atoms with E-state index in [0.717, 1.165) is 17.4 Å². The van der Waals surface area contributed by atoms with Crippen LogP contribution in [0.2, 0.25) is 0 Å². The van der Waals surface area contributed by atoms with Crippen molar-refractivity contribution < 1.29 is 31.6 Å². The minimum Gasteiger partial charge on any atom is -0.504 e. The molecule has 226 valence electrons. The summed E-state index contributed by atoms with van der Waals surface area (Å²) in [5.74, 6) is -0.0902. The maximum Gasteiger partial charge on any atom is 0.306 e. The Kier molecular flexibility index (Phi) is 9.06. The van der Waals surface area contributed by atoms with Crippen LogP contribution in [0.5, 0.6) is 23.0 Å². The molecule has 0 spiro atoms. The fourth-order valence-corrected chi connectivity index (χ4v) is 5.57. The summed E-state index contributed by atoms with van der Waals surface area (Å²) in [6.07, 6.45) is 0.963. The largest absolute Gasteiger partial charge is 0.504 e. The highest BCUT2D eigenvalue weighted by molar-refractivity contribution is 7.86. The number of aromatic hydroxyl groups is 1. The molecule has 5 aromatic carbocycles. The van der Waals surface area contributed by atoms with Crippen LogP contribution in [0.25, 0.3) is 22.3 Å². The van der Waals surface area contributed by atoms with Crippen LogP contribution in [0.4, 0.5) is 10.1 Å². The van der Waals surface area contributed by atoms with Gasteiger partial charge in [0.2, 0.25) is 0 Å². The molecule has 5 aromatic rings. The van der Waals surface area contributed by atoms with Crippen molar-refractivity contribution in [2.24, 2.45) is 0 Å². The Bertz CT molecular complexity index is 1810. The molecule has 0 saturated heterocycles. The Morgan fingerprint density at radius 2 is 1.32 bits per heavy atom. The highest BCUT2D eigenvalue weighted by Gasteiger charge is 2.23. The number of hydrogen-bond acceptors (Lipinski definition) is 7. The molecule has 0 aliphatic carbocycles. The highest BCUT2D eigenvalue weighted by Crippen LogP contribution is 2.50. The number of nitrogens with zero attached hydrogens (tertiary/aromatic N) is 1. The van der Waals surface area contributed by atoms with Gasteiger partial charge in [0.25, 0.3) is 0 Å². The van der Waals surface area contributed by atoms with Crippen LogP contribution >= 0.6 is 0 Å². The van der Waals surface area contributed by atoms with Gasteiger partial charge in [-0.05, 0) is 52.6 Å². The minimum absolute atomic E-state index is 0.146. The predicted molar refractivity (Wildman–Crippen MR) is 170 cm³/mol. The molecule has 7 nitrogen and oxygen atoms in total. The lowest BCUT2D eigenvalue weighted by atomic mass is 9.96. The van der Waals surface area contributed by atoms with Crippen LogP contribution in [-0.4, -0.2) is 34.0 Å². The first-order valence-electron chi connectivity index (χ1n) is 13.8. The summed E-state index contributed by atoms with van der Waals surface area (Å²) >= 11 is 0. The van der Waals surface area contributed by atoms with Crippen molar-refractivity contribution in [3.8, 4) is 45.3 Å². The second kappa shape index (κ2) is 13.1. The van der Waals surface area contributed by atoms with Crippen molar-refractivity contribution in [2.75, 3.05) is 25.4 Å². The second-order valence-electron chi connectivity index (χ2n) is 10.2. The zero-order chi connectivity index (χ0) is 31.3. The number of rotatable bonds is 11. The van der Waals surface area contributed by atoms with E-state index in [4.69, 9.17) is 13.7 Å². The number of phenolic OH excluding ortho intramolecular Hbond substituents is 1. The summed E-state index contributed by atoms with van der Waals surface area (Å²) in [7, 11) is -0.800. The van der Waals surface area contributed by atoms with Gasteiger partial charge >= 0.3 is 10.1 Å². The third kappa shape index (κ3) is 6.95. The highest BCUT2D eigenvalue weighted by atomic mass is 32.2. The number of halogens is 1. The molecule has 9 heteroatoms. The van der Waals surface area contributed by atoms with Crippen LogP contribution in [-0.2, 0) is 23.2 Å². The summed E-state index contributed by atoms with van der Waals surface area (Å²) in [6.45, 7) is 0.994. The molecule has 0 saturated carbocycles. The molecule has 0 unspecified atom stereocenters. The van der Waals surface area contributed by atoms with E-state index in [0.29, 0.717) is 41.2 Å². The van der Waals surface area contributed by atoms with Crippen molar-refractivity contribution in [1.29, 1.82) is 0 Å². The monoisotopic (exact) mass is 613 g/mol. The fourth-order valence-electron chi connectivity index (χ4n) is 5.11. The third-order valence-corrected chi connectivity index (χ3v) is 7.56. The lowest BCUT2D eigenvalue weighted by Crippen LogP contribution is -2.23. The quantitative estimate of drug-likeness (QED) is 0.155. The Hall–Kier alpha value is -5.02. The van der Waals surface area contributed by atoms with Gasteiger partial charge in [-0.25, -0.2) is 4.39 Å². The van der Waals surface area contributed by atoms with Gasteiger partial charge < -0.3 is 23.7 Å². The zero-order valence-electron chi connectivity index (χ0n) is 24.5. The van der Waals surface area contributed by atoms with Crippen LogP contribution in [0.1, 0.15) is 11.1 Å². The smallest absolute Gasteiger partial charge is 0.306 e. The molecule has 0 aliphatic rings. The Morgan fingerprint density at radius 1 is 0.750 bits per heavy atom. The first kappa shape index (κ1) is 30.4. The van der Waals surface area contributed by atoms with E-state index in [1.807, 2.05) is 65.6 Å². The van der Waals surface area contributed by atoms with Crippen molar-refractivity contribution in [2.45, 2.75) is 13.1 Å². The summed E-state index contributed by atoms with van der Waals surface area (Å²) in [5, 5.41) is 11.4. The van der Waals surface area contributed by atoms with E-state index in [-0.39, 0.29) is 22.8 Å². The molecule has 1 N–H and O–H groups in total. The number of anilines is 1. The van der Waals surface area contributed by atoms with Gasteiger partial charge in [0, 0.05) is 18.7 Å². The summed E-state index contributed by atoms with van der Waals surface area (Å²) in [4.78, 5) is 1.97. The lowest BCUT2D eigenvalue weighted by Gasteiger charge is -2.26. The van der Waals surface area contributed by atoms with Gasteiger partial charge in [-0.3, -0.25) is 0 Å². The molecule has 0 heterocycles. The average Bonchev–Trinajstić information content (AvgIpc) is 3.01. The van der Waals surface area contributed by atoms with Gasteiger partial charge in [-0.15, -0.1) is 0 Å². The summed E-state index contributed by atoms with van der Waals surface area (Å²) < 4.78 is 55.1. The first-order valence-corrected chi connectivity index (χ1v) is 15.6. The minimum atomic E-state index is -3.68. The molecule has 44 heavy (non-hydrogen) atoms. The number of ether oxygens (including phenoxy) is 2. The van der Waals surface area contributed by atoms with E-state index < -0.39 is 15.9 Å². The van der Waals surface area contributed by atoms with Crippen molar-refractivity contribution >= 4 is 15.8 Å². The van der Waals surface area contributed by atoms with Gasteiger partial charge in [0.1, 0.15) is 17.3 Å². The van der Waals surface area contributed by atoms with Crippen LogP contribution in [0, 0.1) is 5.82 Å². The van der Waals surface area contributed by atoms with Crippen molar-refractivity contribution in [3.05, 3.63) is 126 Å². The van der Waals surface area contributed by atoms with Crippen LogP contribution in [0.3, 0.4) is 0 Å². The molecule has 0 amide bonds. The molecular weight excluding hydrogens is 581 g/mol. The number of phenols is 1. The molecule has 0 radical (unpaired) electrons. The fraction of sp³-hybridized carbons (Fsp3) is 0.143. The van der Waals surface area contributed by atoms with Gasteiger partial charge in [0.15, 0.2) is 11.5 Å². The first-order chi connectivity index (χ1) is 21.2. The molecule has 0 aromatic heterocycles. The van der Waals surface area contributed by atoms with E-state index >= 15 is 4.39 Å².